The molecule has 0 radical (unpaired) electrons. The molecule has 1 unspecified atom stereocenters. The summed E-state index contributed by atoms with van der Waals surface area (Å²) in [4.78, 5) is 0. The summed E-state index contributed by atoms with van der Waals surface area (Å²) in [6.45, 7) is 20.5. The van der Waals surface area contributed by atoms with Crippen LogP contribution in [0.1, 0.15) is 184 Å². The molecule has 0 aliphatic carbocycles. The van der Waals surface area contributed by atoms with Gasteiger partial charge >= 0.3 is 0 Å². The van der Waals surface area contributed by atoms with Crippen molar-refractivity contribution in [3.63, 3.8) is 0 Å². The Bertz CT molecular complexity index is 421. The second kappa shape index (κ2) is 24.9. The molecule has 37 heavy (non-hydrogen) atoms. The highest BCUT2D eigenvalue weighted by atomic mass is 16.7. The van der Waals surface area contributed by atoms with Crippen molar-refractivity contribution >= 4 is 0 Å². The number of ether oxygens (including phenoxy) is 2. The molecule has 0 rings (SSSR count). The molecule has 1 atom stereocenters. The van der Waals surface area contributed by atoms with Gasteiger partial charge in [-0.15, -0.1) is 0 Å². The summed E-state index contributed by atoms with van der Waals surface area (Å²) in [6.07, 6.45) is 26.8. The van der Waals surface area contributed by atoms with Gasteiger partial charge in [0, 0.05) is 19.6 Å². The zero-order valence-corrected chi connectivity index (χ0v) is 27.2. The Morgan fingerprint density at radius 3 is 1.11 bits per heavy atom. The van der Waals surface area contributed by atoms with Crippen molar-refractivity contribution in [1.29, 1.82) is 0 Å². The molecule has 0 aliphatic heterocycles. The van der Waals surface area contributed by atoms with Gasteiger partial charge < -0.3 is 9.47 Å². The highest BCUT2D eigenvalue weighted by molar-refractivity contribution is 4.68. The number of rotatable bonds is 27. The molecule has 0 spiro atoms. The van der Waals surface area contributed by atoms with E-state index in [1.165, 1.54) is 122 Å². The predicted molar refractivity (Wildman–Crippen MR) is 166 cm³/mol. The molecule has 224 valence electrons. The molecule has 0 aliphatic rings. The molecule has 0 aromatic carbocycles. The molecule has 0 saturated carbocycles. The van der Waals surface area contributed by atoms with Crippen LogP contribution in [0.2, 0.25) is 0 Å². The normalized spacial score (nSPS) is 13.4. The molecule has 0 amide bonds. The van der Waals surface area contributed by atoms with Crippen LogP contribution < -0.4 is 0 Å². The lowest BCUT2D eigenvalue weighted by Gasteiger charge is -2.27. The lowest BCUT2D eigenvalue weighted by molar-refractivity contribution is -0.154. The van der Waals surface area contributed by atoms with Gasteiger partial charge in [0.05, 0.1) is 0 Å². The second-order valence-electron chi connectivity index (χ2n) is 14.3. The van der Waals surface area contributed by atoms with E-state index in [2.05, 4.69) is 55.4 Å². The standard InChI is InChI=1S/C35H72O2/c1-31(2)25-21-17-13-9-11-15-19-23-27-36-34(29-33(5)30-35(6,7)8)37-28-24-20-16-12-10-14-18-22-26-32(3)4/h31-34H,9-30H2,1-8H3. The molecule has 2 heteroatoms. The Morgan fingerprint density at radius 2 is 0.784 bits per heavy atom. The largest absolute Gasteiger partial charge is 0.353 e. The van der Waals surface area contributed by atoms with Crippen molar-refractivity contribution in [3.05, 3.63) is 0 Å². The molecule has 0 aromatic rings. The predicted octanol–water partition coefficient (Wildman–Crippen LogP) is 12.1. The van der Waals surface area contributed by atoms with Crippen molar-refractivity contribution < 1.29 is 9.47 Å². The Morgan fingerprint density at radius 1 is 0.459 bits per heavy atom. The third kappa shape index (κ3) is 30.3. The Balaban J connectivity index is 3.95. The third-order valence-corrected chi connectivity index (χ3v) is 7.51. The summed E-state index contributed by atoms with van der Waals surface area (Å²) in [7, 11) is 0. The van der Waals surface area contributed by atoms with Gasteiger partial charge in [0.2, 0.25) is 0 Å². The van der Waals surface area contributed by atoms with E-state index < -0.39 is 0 Å². The number of hydrogen-bond acceptors (Lipinski definition) is 2. The zero-order valence-electron chi connectivity index (χ0n) is 27.2. The average Bonchev–Trinajstić information content (AvgIpc) is 2.79. The topological polar surface area (TPSA) is 18.5 Å². The maximum absolute atomic E-state index is 6.29. The van der Waals surface area contributed by atoms with Crippen LogP contribution in [-0.4, -0.2) is 19.5 Å². The summed E-state index contributed by atoms with van der Waals surface area (Å²) in [5.41, 5.74) is 0.369. The Kier molecular flexibility index (Phi) is 24.9. The lowest BCUT2D eigenvalue weighted by Crippen LogP contribution is -2.23. The van der Waals surface area contributed by atoms with Crippen LogP contribution in [0.3, 0.4) is 0 Å². The first-order valence-corrected chi connectivity index (χ1v) is 16.8. The molecule has 0 saturated heterocycles. The SMILES string of the molecule is CC(C)CCCCCCCCCCOC(CC(C)CC(C)(C)C)OCCCCCCCCCCC(C)C. The molecule has 0 N–H and O–H groups in total. The van der Waals surface area contributed by atoms with E-state index in [-0.39, 0.29) is 6.29 Å². The maximum atomic E-state index is 6.29. The highest BCUT2D eigenvalue weighted by Gasteiger charge is 2.20. The van der Waals surface area contributed by atoms with E-state index in [9.17, 15) is 0 Å². The van der Waals surface area contributed by atoms with Crippen LogP contribution in [0.25, 0.3) is 0 Å². The van der Waals surface area contributed by atoms with Gasteiger partial charge in [0.25, 0.3) is 0 Å². The van der Waals surface area contributed by atoms with Crippen LogP contribution in [0.15, 0.2) is 0 Å². The summed E-state index contributed by atoms with van der Waals surface area (Å²) in [5.74, 6) is 2.36. The second-order valence-corrected chi connectivity index (χ2v) is 14.3. The van der Waals surface area contributed by atoms with Crippen LogP contribution in [0.5, 0.6) is 0 Å². The Hall–Kier alpha value is -0.0800. The van der Waals surface area contributed by atoms with Crippen LogP contribution in [0, 0.1) is 23.2 Å². The van der Waals surface area contributed by atoms with Crippen molar-refractivity contribution in [2.45, 2.75) is 190 Å². The molecule has 0 heterocycles. The van der Waals surface area contributed by atoms with E-state index in [1.807, 2.05) is 0 Å². The fourth-order valence-electron chi connectivity index (χ4n) is 5.50. The quantitative estimate of drug-likeness (QED) is 0.0785. The average molecular weight is 525 g/mol. The van der Waals surface area contributed by atoms with Crippen molar-refractivity contribution in [2.75, 3.05) is 13.2 Å². The van der Waals surface area contributed by atoms with E-state index in [4.69, 9.17) is 9.47 Å². The van der Waals surface area contributed by atoms with Gasteiger partial charge in [-0.1, -0.05) is 158 Å². The maximum Gasteiger partial charge on any atom is 0.157 e. The number of hydrogen-bond donors (Lipinski definition) is 0. The van der Waals surface area contributed by atoms with E-state index in [0.717, 1.165) is 31.5 Å². The minimum atomic E-state index is -0.0146. The molecular weight excluding hydrogens is 452 g/mol. The van der Waals surface area contributed by atoms with E-state index in [1.54, 1.807) is 0 Å². The molecule has 0 bridgehead atoms. The lowest BCUT2D eigenvalue weighted by atomic mass is 9.84. The fraction of sp³-hybridized carbons (Fsp3) is 1.00. The van der Waals surface area contributed by atoms with Crippen LogP contribution in [-0.2, 0) is 9.47 Å². The minimum absolute atomic E-state index is 0.0146. The van der Waals surface area contributed by atoms with Gasteiger partial charge in [-0.2, -0.15) is 0 Å². The van der Waals surface area contributed by atoms with Gasteiger partial charge in [0.15, 0.2) is 6.29 Å². The number of unbranched alkanes of at least 4 members (excludes halogenated alkanes) is 14. The first-order chi connectivity index (χ1) is 17.6. The summed E-state index contributed by atoms with van der Waals surface area (Å²) < 4.78 is 12.6. The fourth-order valence-corrected chi connectivity index (χ4v) is 5.50. The molecular formula is C35H72O2. The first-order valence-electron chi connectivity index (χ1n) is 16.8. The first kappa shape index (κ1) is 36.9. The van der Waals surface area contributed by atoms with Gasteiger partial charge in [-0.3, -0.25) is 0 Å². The van der Waals surface area contributed by atoms with Crippen molar-refractivity contribution in [3.8, 4) is 0 Å². The Labute approximate surface area is 235 Å². The molecule has 0 fully saturated rings. The highest BCUT2D eigenvalue weighted by Crippen LogP contribution is 2.27. The summed E-state index contributed by atoms with van der Waals surface area (Å²) >= 11 is 0. The third-order valence-electron chi connectivity index (χ3n) is 7.51. The van der Waals surface area contributed by atoms with Gasteiger partial charge in [0.1, 0.15) is 0 Å². The van der Waals surface area contributed by atoms with Gasteiger partial charge in [-0.05, 0) is 42.4 Å². The summed E-state index contributed by atoms with van der Waals surface area (Å²) in [6, 6.07) is 0. The monoisotopic (exact) mass is 525 g/mol. The zero-order chi connectivity index (χ0) is 27.8. The van der Waals surface area contributed by atoms with E-state index >= 15 is 0 Å². The summed E-state index contributed by atoms with van der Waals surface area (Å²) in [5, 5.41) is 0. The molecule has 2 nitrogen and oxygen atoms in total. The minimum Gasteiger partial charge on any atom is -0.353 e. The molecule has 0 aromatic heterocycles. The van der Waals surface area contributed by atoms with Gasteiger partial charge in [-0.25, -0.2) is 0 Å². The van der Waals surface area contributed by atoms with E-state index in [0.29, 0.717) is 11.3 Å². The van der Waals surface area contributed by atoms with Crippen LogP contribution >= 0.6 is 0 Å². The smallest absolute Gasteiger partial charge is 0.157 e. The van der Waals surface area contributed by atoms with Crippen LogP contribution in [0.4, 0.5) is 0 Å². The van der Waals surface area contributed by atoms with Crippen molar-refractivity contribution in [2.24, 2.45) is 23.2 Å². The van der Waals surface area contributed by atoms with Crippen molar-refractivity contribution in [1.82, 2.24) is 0 Å².